The first-order valence-corrected chi connectivity index (χ1v) is 13.0. The second-order valence-corrected chi connectivity index (χ2v) is 11.6. The van der Waals surface area contributed by atoms with Crippen LogP contribution >= 0.6 is 23.2 Å². The Hall–Kier alpha value is -3.76. The van der Waals surface area contributed by atoms with Gasteiger partial charge >= 0.3 is 0 Å². The minimum Gasteiger partial charge on any atom is -0.508 e. The Morgan fingerprint density at radius 3 is 2.21 bits per heavy atom. The first-order chi connectivity index (χ1) is 18.4. The molecule has 1 saturated carbocycles. The van der Waals surface area contributed by atoms with Crippen LogP contribution in [0.25, 0.3) is 0 Å². The SMILES string of the molecule is CN1C(=O)C2(Cl)CC3C(=CCC4C(=O)N(c5ccc([N+](=O)[O-])cc5)C(=O)C43)C(c3ccc(O)cc3)C2(Cl)C1=O. The van der Waals surface area contributed by atoms with Crippen molar-refractivity contribution in [3.05, 3.63) is 75.9 Å². The molecule has 6 rings (SSSR count). The fourth-order valence-electron chi connectivity index (χ4n) is 6.76. The van der Waals surface area contributed by atoms with Crippen LogP contribution < -0.4 is 4.90 Å². The van der Waals surface area contributed by atoms with E-state index in [0.717, 1.165) is 9.80 Å². The number of hydrogen-bond donors (Lipinski definition) is 1. The summed E-state index contributed by atoms with van der Waals surface area (Å²) < 4.78 is 0. The van der Waals surface area contributed by atoms with Crippen LogP contribution in [0.2, 0.25) is 0 Å². The van der Waals surface area contributed by atoms with Crippen LogP contribution in [0.5, 0.6) is 5.75 Å². The molecule has 0 aromatic heterocycles. The summed E-state index contributed by atoms with van der Waals surface area (Å²) in [5.74, 6) is -5.52. The fourth-order valence-corrected chi connectivity index (χ4v) is 7.78. The van der Waals surface area contributed by atoms with E-state index >= 15 is 0 Å². The lowest BCUT2D eigenvalue weighted by Crippen LogP contribution is -2.60. The molecule has 6 atom stereocenters. The Balaban J connectivity index is 1.47. The molecular formula is C27H21Cl2N3O7. The number of amides is 4. The van der Waals surface area contributed by atoms with E-state index in [1.807, 2.05) is 6.08 Å². The van der Waals surface area contributed by atoms with Gasteiger partial charge in [-0.05, 0) is 48.6 Å². The molecule has 4 amide bonds. The minimum absolute atomic E-state index is 0.00851. The number of fused-ring (bicyclic) bond motifs is 4. The summed E-state index contributed by atoms with van der Waals surface area (Å²) in [5, 5.41) is 20.9. The van der Waals surface area contributed by atoms with Crippen molar-refractivity contribution in [1.29, 1.82) is 0 Å². The fraction of sp³-hybridized carbons (Fsp3) is 0.333. The van der Waals surface area contributed by atoms with Crippen molar-refractivity contribution in [3.8, 4) is 5.75 Å². The molecule has 1 N–H and O–H groups in total. The summed E-state index contributed by atoms with van der Waals surface area (Å²) in [5.41, 5.74) is 1.19. The lowest BCUT2D eigenvalue weighted by Gasteiger charge is -2.50. The molecule has 3 fully saturated rings. The molecule has 2 aliphatic heterocycles. The summed E-state index contributed by atoms with van der Waals surface area (Å²) in [4.78, 5) is 62.9. The summed E-state index contributed by atoms with van der Waals surface area (Å²) in [6.07, 6.45) is 1.87. The second-order valence-electron chi connectivity index (χ2n) is 10.4. The molecule has 0 spiro atoms. The van der Waals surface area contributed by atoms with Gasteiger partial charge < -0.3 is 5.11 Å². The number of imide groups is 2. The number of alkyl halides is 2. The number of halogens is 2. The maximum Gasteiger partial charge on any atom is 0.269 e. The first-order valence-electron chi connectivity index (χ1n) is 12.2. The van der Waals surface area contributed by atoms with Crippen molar-refractivity contribution >= 4 is 58.2 Å². The van der Waals surface area contributed by atoms with Gasteiger partial charge in [0.25, 0.3) is 17.5 Å². The smallest absolute Gasteiger partial charge is 0.269 e. The number of rotatable bonds is 3. The van der Waals surface area contributed by atoms with Gasteiger partial charge in [0.15, 0.2) is 9.75 Å². The molecule has 12 heteroatoms. The lowest BCUT2D eigenvalue weighted by atomic mass is 9.56. The zero-order valence-corrected chi connectivity index (χ0v) is 21.9. The van der Waals surface area contributed by atoms with Crippen LogP contribution in [-0.2, 0) is 19.2 Å². The second kappa shape index (κ2) is 8.37. The number of allylic oxidation sites excluding steroid dienone is 2. The standard InChI is InChI=1S/C27H21Cl2N3O7/c1-30-24(36)26(28)12-19-17(21(27(26,29)25(30)37)13-2-8-16(33)9-3-13)10-11-18-20(19)23(35)31(22(18)34)14-4-6-15(7-5-14)32(38)39/h2-10,18-21,33H,11-12H2,1H3. The predicted octanol–water partition coefficient (Wildman–Crippen LogP) is 3.49. The van der Waals surface area contributed by atoms with Crippen molar-refractivity contribution in [2.45, 2.75) is 28.5 Å². The number of anilines is 1. The Morgan fingerprint density at radius 1 is 0.949 bits per heavy atom. The van der Waals surface area contributed by atoms with E-state index in [-0.39, 0.29) is 30.0 Å². The number of nitrogens with zero attached hydrogens (tertiary/aromatic N) is 3. The highest BCUT2D eigenvalue weighted by molar-refractivity contribution is 6.53. The summed E-state index contributed by atoms with van der Waals surface area (Å²) >= 11 is 14.2. The molecule has 2 aliphatic carbocycles. The third-order valence-electron chi connectivity index (χ3n) is 8.56. The third kappa shape index (κ3) is 3.21. The van der Waals surface area contributed by atoms with Gasteiger partial charge in [0, 0.05) is 25.1 Å². The average molecular weight is 570 g/mol. The predicted molar refractivity (Wildman–Crippen MR) is 139 cm³/mol. The molecule has 6 unspecified atom stereocenters. The van der Waals surface area contributed by atoms with E-state index in [2.05, 4.69) is 0 Å². The van der Waals surface area contributed by atoms with Crippen molar-refractivity contribution in [3.63, 3.8) is 0 Å². The number of benzene rings is 2. The van der Waals surface area contributed by atoms with Gasteiger partial charge in [-0.1, -0.05) is 23.8 Å². The number of nitro benzene ring substituents is 1. The van der Waals surface area contributed by atoms with Crippen LogP contribution in [0.1, 0.15) is 24.3 Å². The number of aromatic hydroxyl groups is 1. The van der Waals surface area contributed by atoms with Gasteiger partial charge in [0.05, 0.1) is 22.4 Å². The van der Waals surface area contributed by atoms with E-state index in [4.69, 9.17) is 23.2 Å². The first kappa shape index (κ1) is 25.5. The Morgan fingerprint density at radius 2 is 1.59 bits per heavy atom. The van der Waals surface area contributed by atoms with Gasteiger partial charge in [-0.2, -0.15) is 0 Å². The highest BCUT2D eigenvalue weighted by Crippen LogP contribution is 2.65. The summed E-state index contributed by atoms with van der Waals surface area (Å²) in [6.45, 7) is 0. The van der Waals surface area contributed by atoms with Crippen molar-refractivity contribution in [2.75, 3.05) is 11.9 Å². The van der Waals surface area contributed by atoms with Gasteiger partial charge in [0.2, 0.25) is 11.8 Å². The molecule has 2 aromatic rings. The summed E-state index contributed by atoms with van der Waals surface area (Å²) in [6, 6.07) is 11.2. The molecule has 2 saturated heterocycles. The topological polar surface area (TPSA) is 138 Å². The molecule has 0 bridgehead atoms. The Bertz CT molecular complexity index is 1510. The van der Waals surface area contributed by atoms with Crippen molar-refractivity contribution < 1.29 is 29.2 Å². The maximum absolute atomic E-state index is 13.9. The number of carbonyl (C=O) groups is 4. The van der Waals surface area contributed by atoms with E-state index in [0.29, 0.717) is 11.1 Å². The van der Waals surface area contributed by atoms with Gasteiger partial charge in [-0.3, -0.25) is 39.1 Å². The number of likely N-dealkylation sites (tertiary alicyclic amines) is 1. The quantitative estimate of drug-likeness (QED) is 0.196. The number of phenolic OH excluding ortho intramolecular Hbond substituents is 1. The largest absolute Gasteiger partial charge is 0.508 e. The molecule has 200 valence electrons. The van der Waals surface area contributed by atoms with E-state index < -0.39 is 62.0 Å². The number of nitro groups is 1. The van der Waals surface area contributed by atoms with Crippen LogP contribution in [0.15, 0.2) is 60.2 Å². The lowest BCUT2D eigenvalue weighted by molar-refractivity contribution is -0.384. The summed E-state index contributed by atoms with van der Waals surface area (Å²) in [7, 11) is 1.31. The van der Waals surface area contributed by atoms with Gasteiger partial charge in [0.1, 0.15) is 5.75 Å². The molecule has 0 radical (unpaired) electrons. The van der Waals surface area contributed by atoms with E-state index in [1.165, 1.54) is 43.4 Å². The Labute approximate surface area is 231 Å². The normalized spacial score (nSPS) is 33.6. The average Bonchev–Trinajstić information content (AvgIpc) is 3.24. The molecule has 4 aliphatic rings. The van der Waals surface area contributed by atoms with Crippen LogP contribution in [0.3, 0.4) is 0 Å². The molecule has 10 nitrogen and oxygen atoms in total. The van der Waals surface area contributed by atoms with Crippen molar-refractivity contribution in [1.82, 2.24) is 4.90 Å². The Kier molecular flexibility index (Phi) is 5.47. The zero-order chi connectivity index (χ0) is 28.0. The minimum atomic E-state index is -1.89. The third-order valence-corrected chi connectivity index (χ3v) is 9.97. The number of carbonyl (C=O) groups excluding carboxylic acids is 4. The van der Waals surface area contributed by atoms with Crippen molar-refractivity contribution in [2.24, 2.45) is 17.8 Å². The number of hydrogen-bond acceptors (Lipinski definition) is 7. The highest BCUT2D eigenvalue weighted by Gasteiger charge is 2.75. The van der Waals surface area contributed by atoms with E-state index in [1.54, 1.807) is 12.1 Å². The molecule has 2 aromatic carbocycles. The highest BCUT2D eigenvalue weighted by atomic mass is 35.5. The number of non-ortho nitro benzene ring substituents is 1. The molecule has 39 heavy (non-hydrogen) atoms. The molecular weight excluding hydrogens is 549 g/mol. The van der Waals surface area contributed by atoms with Crippen LogP contribution in [0.4, 0.5) is 11.4 Å². The van der Waals surface area contributed by atoms with Gasteiger partial charge in [-0.25, -0.2) is 0 Å². The maximum atomic E-state index is 13.9. The zero-order valence-electron chi connectivity index (χ0n) is 20.4. The van der Waals surface area contributed by atoms with Crippen LogP contribution in [0, 0.1) is 27.9 Å². The van der Waals surface area contributed by atoms with Crippen LogP contribution in [-0.4, -0.2) is 55.4 Å². The molecule has 2 heterocycles. The monoisotopic (exact) mass is 569 g/mol. The number of phenols is 1. The van der Waals surface area contributed by atoms with E-state index in [9.17, 15) is 34.4 Å². The van der Waals surface area contributed by atoms with Gasteiger partial charge in [-0.15, -0.1) is 23.2 Å².